The van der Waals surface area contributed by atoms with E-state index in [1.165, 1.54) is 0 Å². The van der Waals surface area contributed by atoms with Crippen molar-refractivity contribution in [2.75, 3.05) is 19.8 Å². The standard InChI is InChI=1S/C17H30O15/c18-1-5-8(21)10(23)12(25)17(31-5)32-14-9(22)6(30-15(27)13(14)26)3-29-16-11(24)7(20)4(19)2-28-16/h4-27H,1-3H2/t4-,5-,6-,7+,8-,9-,10+,11+,12+,13+,14+,15?,16-,17-/m1/s1. The Balaban J connectivity index is 1.64. The molecule has 3 rings (SSSR count). The van der Waals surface area contributed by atoms with E-state index < -0.39 is 99.2 Å². The van der Waals surface area contributed by atoms with E-state index in [1.807, 2.05) is 0 Å². The molecule has 15 heteroatoms. The number of hydrogen-bond donors (Lipinski definition) is 10. The van der Waals surface area contributed by atoms with Crippen molar-refractivity contribution in [2.45, 2.75) is 86.0 Å². The third-order valence-corrected chi connectivity index (χ3v) is 5.68. The van der Waals surface area contributed by atoms with Gasteiger partial charge < -0.3 is 74.7 Å². The topological polar surface area (TPSA) is 248 Å². The molecule has 32 heavy (non-hydrogen) atoms. The van der Waals surface area contributed by atoms with Gasteiger partial charge in [0.25, 0.3) is 0 Å². The number of hydrogen-bond acceptors (Lipinski definition) is 15. The van der Waals surface area contributed by atoms with Crippen LogP contribution in [0, 0.1) is 0 Å². The summed E-state index contributed by atoms with van der Waals surface area (Å²) >= 11 is 0. The first-order chi connectivity index (χ1) is 15.1. The van der Waals surface area contributed by atoms with E-state index in [1.54, 1.807) is 0 Å². The zero-order valence-corrected chi connectivity index (χ0v) is 16.7. The van der Waals surface area contributed by atoms with E-state index in [0.717, 1.165) is 0 Å². The second-order valence-corrected chi connectivity index (χ2v) is 7.93. The molecule has 1 unspecified atom stereocenters. The molecule has 3 saturated heterocycles. The molecule has 0 bridgehead atoms. The van der Waals surface area contributed by atoms with Crippen LogP contribution in [0.5, 0.6) is 0 Å². The summed E-state index contributed by atoms with van der Waals surface area (Å²) < 4.78 is 26.0. The van der Waals surface area contributed by atoms with Crippen LogP contribution in [0.25, 0.3) is 0 Å². The van der Waals surface area contributed by atoms with Crippen molar-refractivity contribution in [1.29, 1.82) is 0 Å². The van der Waals surface area contributed by atoms with Crippen molar-refractivity contribution in [3.8, 4) is 0 Å². The molecule has 0 aromatic carbocycles. The average Bonchev–Trinajstić information content (AvgIpc) is 2.77. The molecule has 15 nitrogen and oxygen atoms in total. The second kappa shape index (κ2) is 10.8. The monoisotopic (exact) mass is 474 g/mol. The first-order valence-electron chi connectivity index (χ1n) is 9.99. The smallest absolute Gasteiger partial charge is 0.187 e. The Labute approximate surface area is 181 Å². The highest BCUT2D eigenvalue weighted by Crippen LogP contribution is 2.29. The Hall–Kier alpha value is -0.600. The minimum absolute atomic E-state index is 0.332. The van der Waals surface area contributed by atoms with Gasteiger partial charge in [-0.3, -0.25) is 0 Å². The zero-order valence-electron chi connectivity index (χ0n) is 16.7. The quantitative estimate of drug-likeness (QED) is 0.172. The van der Waals surface area contributed by atoms with E-state index in [4.69, 9.17) is 23.7 Å². The summed E-state index contributed by atoms with van der Waals surface area (Å²) in [5.74, 6) is 0. The summed E-state index contributed by atoms with van der Waals surface area (Å²) in [4.78, 5) is 0. The van der Waals surface area contributed by atoms with E-state index in [2.05, 4.69) is 0 Å². The Bertz CT molecular complexity index is 594. The summed E-state index contributed by atoms with van der Waals surface area (Å²) in [5.41, 5.74) is 0. The summed E-state index contributed by atoms with van der Waals surface area (Å²) in [6, 6.07) is 0. The van der Waals surface area contributed by atoms with E-state index >= 15 is 0 Å². The minimum atomic E-state index is -1.88. The fourth-order valence-electron chi connectivity index (χ4n) is 3.67. The van der Waals surface area contributed by atoms with Crippen molar-refractivity contribution < 1.29 is 74.7 Å². The predicted molar refractivity (Wildman–Crippen MR) is 95.2 cm³/mol. The van der Waals surface area contributed by atoms with Crippen molar-refractivity contribution in [1.82, 2.24) is 0 Å². The van der Waals surface area contributed by atoms with E-state index in [0.29, 0.717) is 0 Å². The summed E-state index contributed by atoms with van der Waals surface area (Å²) in [6.07, 6.45) is -22.5. The minimum Gasteiger partial charge on any atom is -0.394 e. The second-order valence-electron chi connectivity index (χ2n) is 7.93. The van der Waals surface area contributed by atoms with Crippen LogP contribution < -0.4 is 0 Å². The molecular weight excluding hydrogens is 444 g/mol. The molecule has 3 aliphatic rings. The molecule has 14 atom stereocenters. The van der Waals surface area contributed by atoms with Gasteiger partial charge in [-0.1, -0.05) is 0 Å². The number of aliphatic hydroxyl groups is 10. The molecule has 3 fully saturated rings. The van der Waals surface area contributed by atoms with Crippen LogP contribution in [-0.4, -0.2) is 157 Å². The molecular formula is C17H30O15. The van der Waals surface area contributed by atoms with Crippen LogP contribution in [0.2, 0.25) is 0 Å². The largest absolute Gasteiger partial charge is 0.394 e. The Morgan fingerprint density at radius 2 is 1.31 bits per heavy atom. The van der Waals surface area contributed by atoms with Gasteiger partial charge in [0.1, 0.15) is 67.1 Å². The van der Waals surface area contributed by atoms with Gasteiger partial charge in [0.2, 0.25) is 0 Å². The third kappa shape index (κ3) is 5.22. The lowest BCUT2D eigenvalue weighted by atomic mass is 9.97. The molecule has 0 radical (unpaired) electrons. The highest BCUT2D eigenvalue weighted by Gasteiger charge is 2.50. The molecule has 0 amide bonds. The van der Waals surface area contributed by atoms with Crippen molar-refractivity contribution in [3.05, 3.63) is 0 Å². The molecule has 0 spiro atoms. The van der Waals surface area contributed by atoms with Crippen LogP contribution in [0.3, 0.4) is 0 Å². The van der Waals surface area contributed by atoms with Gasteiger partial charge in [0.15, 0.2) is 18.9 Å². The fraction of sp³-hybridized carbons (Fsp3) is 1.00. The highest BCUT2D eigenvalue weighted by molar-refractivity contribution is 4.94. The van der Waals surface area contributed by atoms with Gasteiger partial charge in [-0.05, 0) is 0 Å². The normalized spacial score (nSPS) is 52.7. The molecule has 0 aromatic heterocycles. The maximum absolute atomic E-state index is 10.6. The van der Waals surface area contributed by atoms with Crippen molar-refractivity contribution in [2.24, 2.45) is 0 Å². The number of rotatable bonds is 6. The van der Waals surface area contributed by atoms with Crippen molar-refractivity contribution in [3.63, 3.8) is 0 Å². The molecule has 0 saturated carbocycles. The van der Waals surface area contributed by atoms with Crippen molar-refractivity contribution >= 4 is 0 Å². The molecule has 3 heterocycles. The van der Waals surface area contributed by atoms with Crippen LogP contribution >= 0.6 is 0 Å². The molecule has 0 aliphatic carbocycles. The predicted octanol–water partition coefficient (Wildman–Crippen LogP) is -6.93. The fourth-order valence-corrected chi connectivity index (χ4v) is 3.67. The van der Waals surface area contributed by atoms with Crippen LogP contribution in [0.4, 0.5) is 0 Å². The van der Waals surface area contributed by atoms with Gasteiger partial charge in [-0.15, -0.1) is 0 Å². The van der Waals surface area contributed by atoms with Crippen LogP contribution in [0.15, 0.2) is 0 Å². The maximum Gasteiger partial charge on any atom is 0.187 e. The van der Waals surface area contributed by atoms with Gasteiger partial charge in [0.05, 0.1) is 19.8 Å². The molecule has 0 aromatic rings. The lowest BCUT2D eigenvalue weighted by Crippen LogP contribution is -2.64. The van der Waals surface area contributed by atoms with Gasteiger partial charge >= 0.3 is 0 Å². The SMILES string of the molecule is OC[C@H]1O[C@H](O[C@H]2[C@H](O)[C@@H](CO[C@H]3OC[C@@H](O)[C@H](O)[C@@H]3O)OC(O)[C@H]2O)[C@@H](O)[C@@H](O)[C@@H]1O. The Kier molecular flexibility index (Phi) is 8.75. The van der Waals surface area contributed by atoms with Gasteiger partial charge in [0, 0.05) is 0 Å². The lowest BCUT2D eigenvalue weighted by Gasteiger charge is -2.45. The average molecular weight is 474 g/mol. The molecule has 10 N–H and O–H groups in total. The summed E-state index contributed by atoms with van der Waals surface area (Å²) in [7, 11) is 0. The zero-order chi connectivity index (χ0) is 23.7. The van der Waals surface area contributed by atoms with Crippen LogP contribution in [0.1, 0.15) is 0 Å². The molecule has 188 valence electrons. The Morgan fingerprint density at radius 3 is 1.97 bits per heavy atom. The number of aliphatic hydroxyl groups excluding tert-OH is 10. The highest BCUT2D eigenvalue weighted by atomic mass is 16.7. The lowest BCUT2D eigenvalue weighted by molar-refractivity contribution is -0.360. The maximum atomic E-state index is 10.6. The summed E-state index contributed by atoms with van der Waals surface area (Å²) in [6.45, 7) is -1.59. The van der Waals surface area contributed by atoms with E-state index in [-0.39, 0.29) is 6.61 Å². The first kappa shape index (κ1) is 26.0. The van der Waals surface area contributed by atoms with Gasteiger partial charge in [-0.25, -0.2) is 0 Å². The van der Waals surface area contributed by atoms with E-state index in [9.17, 15) is 51.1 Å². The molecule has 3 aliphatic heterocycles. The first-order valence-corrected chi connectivity index (χ1v) is 9.99. The third-order valence-electron chi connectivity index (χ3n) is 5.68. The summed E-state index contributed by atoms with van der Waals surface area (Å²) in [5, 5.41) is 98.8. The Morgan fingerprint density at radius 1 is 0.656 bits per heavy atom. The van der Waals surface area contributed by atoms with Gasteiger partial charge in [-0.2, -0.15) is 0 Å². The number of ether oxygens (including phenoxy) is 5. The van der Waals surface area contributed by atoms with Crippen LogP contribution in [-0.2, 0) is 23.7 Å².